The Kier molecular flexibility index (Phi) is 7.17. The standard InChI is InChI=1S/C28H30O5/c1-2-3-4-5-6-7-8-9-10-11-17-33-21-16-15-20-23-22-18(25(29)26(20)30)13-12-14-19(22)27(31)28(32)24(21)23/h12-16H,2-11,17H2,1H3. The van der Waals surface area contributed by atoms with E-state index in [0.29, 0.717) is 23.5 Å². The summed E-state index contributed by atoms with van der Waals surface area (Å²) in [7, 11) is 0. The van der Waals surface area contributed by atoms with Crippen molar-refractivity contribution in [3.8, 4) is 16.9 Å². The zero-order chi connectivity index (χ0) is 23.4. The molecular formula is C28H30O5. The van der Waals surface area contributed by atoms with Crippen molar-refractivity contribution in [2.75, 3.05) is 6.61 Å². The highest BCUT2D eigenvalue weighted by molar-refractivity contribution is 6.12. The highest BCUT2D eigenvalue weighted by atomic mass is 16.5. The van der Waals surface area contributed by atoms with Gasteiger partial charge in [0.2, 0.25) is 21.7 Å². The van der Waals surface area contributed by atoms with Gasteiger partial charge in [-0.2, -0.15) is 0 Å². The van der Waals surface area contributed by atoms with Crippen LogP contribution in [-0.2, 0) is 0 Å². The summed E-state index contributed by atoms with van der Waals surface area (Å²) in [4.78, 5) is 50.9. The molecule has 0 saturated heterocycles. The van der Waals surface area contributed by atoms with E-state index >= 15 is 0 Å². The molecule has 0 spiro atoms. The normalized spacial score (nSPS) is 11.8. The van der Waals surface area contributed by atoms with Crippen LogP contribution >= 0.6 is 0 Å². The Morgan fingerprint density at radius 2 is 1.09 bits per heavy atom. The van der Waals surface area contributed by atoms with Gasteiger partial charge in [0.15, 0.2) is 0 Å². The minimum atomic E-state index is -0.684. The SMILES string of the molecule is CCCCCCCCCCCCOc1ccc2c3c1c(=O)c(=O)c1cccc(c1-3)c(=O)c2=O. The molecule has 4 rings (SSSR count). The third-order valence-corrected chi connectivity index (χ3v) is 6.61. The van der Waals surface area contributed by atoms with Crippen molar-refractivity contribution in [3.63, 3.8) is 0 Å². The van der Waals surface area contributed by atoms with Gasteiger partial charge in [-0.05, 0) is 18.6 Å². The molecule has 5 nitrogen and oxygen atoms in total. The Hall–Kier alpha value is -3.08. The summed E-state index contributed by atoms with van der Waals surface area (Å²) in [6.07, 6.45) is 12.1. The van der Waals surface area contributed by atoms with E-state index in [4.69, 9.17) is 4.74 Å². The number of rotatable bonds is 12. The first-order valence-corrected chi connectivity index (χ1v) is 12.2. The van der Waals surface area contributed by atoms with Crippen molar-refractivity contribution < 1.29 is 4.74 Å². The van der Waals surface area contributed by atoms with Crippen molar-refractivity contribution in [3.05, 3.63) is 71.2 Å². The highest BCUT2D eigenvalue weighted by Crippen LogP contribution is 2.38. The lowest BCUT2D eigenvalue weighted by Gasteiger charge is -2.16. The number of ether oxygens (including phenoxy) is 1. The fraction of sp³-hybridized carbons (Fsp3) is 0.429. The quantitative estimate of drug-likeness (QED) is 0.171. The largest absolute Gasteiger partial charge is 0.493 e. The second kappa shape index (κ2) is 10.2. The molecule has 5 heteroatoms. The van der Waals surface area contributed by atoms with E-state index in [1.165, 1.54) is 69.2 Å². The summed E-state index contributed by atoms with van der Waals surface area (Å²) in [5.74, 6) is 0.311. The van der Waals surface area contributed by atoms with Gasteiger partial charge in [0.25, 0.3) is 0 Å². The molecule has 0 radical (unpaired) electrons. The average Bonchev–Trinajstić information content (AvgIpc) is 2.83. The molecule has 0 heterocycles. The smallest absolute Gasteiger partial charge is 0.237 e. The molecule has 0 atom stereocenters. The van der Waals surface area contributed by atoms with E-state index in [0.717, 1.165) is 19.3 Å². The zero-order valence-corrected chi connectivity index (χ0v) is 19.2. The second-order valence-corrected chi connectivity index (χ2v) is 8.94. The van der Waals surface area contributed by atoms with Crippen LogP contribution in [-0.4, -0.2) is 6.61 Å². The molecule has 0 amide bonds. The van der Waals surface area contributed by atoms with Crippen LogP contribution in [0.25, 0.3) is 32.7 Å². The number of hydrogen-bond acceptors (Lipinski definition) is 5. The second-order valence-electron chi connectivity index (χ2n) is 8.94. The Morgan fingerprint density at radius 1 is 0.576 bits per heavy atom. The summed E-state index contributed by atoms with van der Waals surface area (Å²) in [6, 6.07) is 7.68. The third kappa shape index (κ3) is 4.41. The van der Waals surface area contributed by atoms with Gasteiger partial charge in [0.1, 0.15) is 5.75 Å². The van der Waals surface area contributed by atoms with Crippen LogP contribution in [0.2, 0.25) is 0 Å². The lowest BCUT2D eigenvalue weighted by molar-refractivity contribution is 0.307. The van der Waals surface area contributed by atoms with Crippen molar-refractivity contribution in [1.29, 1.82) is 0 Å². The van der Waals surface area contributed by atoms with E-state index in [-0.39, 0.29) is 21.5 Å². The predicted octanol–water partition coefficient (Wildman–Crippen LogP) is 5.15. The number of hydrogen-bond donors (Lipinski definition) is 0. The van der Waals surface area contributed by atoms with Gasteiger partial charge >= 0.3 is 0 Å². The first kappa shape index (κ1) is 23.1. The lowest BCUT2D eigenvalue weighted by Crippen LogP contribution is -2.31. The maximum absolute atomic E-state index is 13.0. The molecule has 2 aliphatic rings. The van der Waals surface area contributed by atoms with Crippen LogP contribution in [0.1, 0.15) is 71.1 Å². The maximum atomic E-state index is 13.0. The van der Waals surface area contributed by atoms with Crippen LogP contribution < -0.4 is 26.5 Å². The fourth-order valence-electron chi connectivity index (χ4n) is 4.83. The summed E-state index contributed by atoms with van der Waals surface area (Å²) in [5, 5.41) is 0.644. The molecule has 2 aliphatic carbocycles. The van der Waals surface area contributed by atoms with Gasteiger partial charge in [-0.15, -0.1) is 0 Å². The van der Waals surface area contributed by atoms with E-state index in [1.807, 2.05) is 0 Å². The molecule has 0 unspecified atom stereocenters. The van der Waals surface area contributed by atoms with Crippen molar-refractivity contribution >= 4 is 21.5 Å². The molecular weight excluding hydrogens is 416 g/mol. The van der Waals surface area contributed by atoms with Crippen LogP contribution in [0.3, 0.4) is 0 Å². The van der Waals surface area contributed by atoms with Crippen LogP contribution in [0.4, 0.5) is 0 Å². The topological polar surface area (TPSA) is 77.5 Å². The average molecular weight is 447 g/mol. The Balaban J connectivity index is 1.49. The monoisotopic (exact) mass is 446 g/mol. The van der Waals surface area contributed by atoms with Gasteiger partial charge in [0.05, 0.1) is 12.0 Å². The Bertz CT molecular complexity index is 1410. The van der Waals surface area contributed by atoms with E-state index in [2.05, 4.69) is 6.92 Å². The van der Waals surface area contributed by atoms with Gasteiger partial charge in [-0.25, -0.2) is 0 Å². The molecule has 33 heavy (non-hydrogen) atoms. The first-order chi connectivity index (χ1) is 16.1. The van der Waals surface area contributed by atoms with E-state index in [9.17, 15) is 19.2 Å². The molecule has 2 aromatic carbocycles. The summed E-state index contributed by atoms with van der Waals surface area (Å²) in [5.41, 5.74) is -1.89. The molecule has 0 fully saturated rings. The third-order valence-electron chi connectivity index (χ3n) is 6.61. The van der Waals surface area contributed by atoms with E-state index < -0.39 is 21.7 Å². The zero-order valence-electron chi connectivity index (χ0n) is 19.2. The molecule has 0 aromatic heterocycles. The van der Waals surface area contributed by atoms with Crippen molar-refractivity contribution in [2.45, 2.75) is 71.1 Å². The van der Waals surface area contributed by atoms with Gasteiger partial charge in [0, 0.05) is 27.3 Å². The minimum Gasteiger partial charge on any atom is -0.493 e. The van der Waals surface area contributed by atoms with Gasteiger partial charge in [-0.3, -0.25) is 19.2 Å². The molecule has 0 N–H and O–H groups in total. The summed E-state index contributed by atoms with van der Waals surface area (Å²) in [6.45, 7) is 2.66. The first-order valence-electron chi connectivity index (χ1n) is 12.2. The van der Waals surface area contributed by atoms with Crippen molar-refractivity contribution in [2.24, 2.45) is 0 Å². The fourth-order valence-corrected chi connectivity index (χ4v) is 4.83. The van der Waals surface area contributed by atoms with E-state index in [1.54, 1.807) is 6.07 Å². The summed E-state index contributed by atoms with van der Waals surface area (Å²) >= 11 is 0. The molecule has 0 aliphatic heterocycles. The Labute approximate surface area is 192 Å². The molecule has 0 saturated carbocycles. The minimum absolute atomic E-state index is 0.116. The van der Waals surface area contributed by atoms with Gasteiger partial charge < -0.3 is 4.74 Å². The highest BCUT2D eigenvalue weighted by Gasteiger charge is 2.26. The molecule has 2 aromatic rings. The molecule has 172 valence electrons. The van der Waals surface area contributed by atoms with Crippen LogP contribution in [0.15, 0.2) is 49.5 Å². The van der Waals surface area contributed by atoms with Crippen molar-refractivity contribution in [1.82, 2.24) is 0 Å². The summed E-state index contributed by atoms with van der Waals surface area (Å²) < 4.78 is 5.92. The van der Waals surface area contributed by atoms with Crippen LogP contribution in [0, 0.1) is 0 Å². The predicted molar refractivity (Wildman–Crippen MR) is 134 cm³/mol. The van der Waals surface area contributed by atoms with Gasteiger partial charge in [-0.1, -0.05) is 82.9 Å². The molecule has 0 bridgehead atoms. The number of unbranched alkanes of at least 4 members (excludes halogenated alkanes) is 9. The maximum Gasteiger partial charge on any atom is 0.237 e. The van der Waals surface area contributed by atoms with Crippen LogP contribution in [0.5, 0.6) is 5.75 Å². The number of benzene rings is 4. The Morgan fingerprint density at radius 3 is 1.70 bits per heavy atom. The lowest BCUT2D eigenvalue weighted by atomic mass is 9.87.